The van der Waals surface area contributed by atoms with Crippen LogP contribution in [0.4, 0.5) is 11.4 Å². The van der Waals surface area contributed by atoms with Crippen LogP contribution in [0.15, 0.2) is 84.9 Å². The predicted octanol–water partition coefficient (Wildman–Crippen LogP) is 5.17. The Balaban J connectivity index is 1.46. The topological polar surface area (TPSA) is 68.3 Å². The van der Waals surface area contributed by atoms with Gasteiger partial charge in [-0.1, -0.05) is 36.4 Å². The molecule has 0 atom stereocenters. The first-order chi connectivity index (χ1) is 15.8. The molecule has 6 nitrogen and oxygen atoms in total. The maximum atomic E-state index is 6.09. The van der Waals surface area contributed by atoms with E-state index >= 15 is 0 Å². The summed E-state index contributed by atoms with van der Waals surface area (Å²) in [6, 6.07) is 27.8. The fourth-order valence-corrected chi connectivity index (χ4v) is 3.57. The normalized spacial score (nSPS) is 13.5. The lowest BCUT2D eigenvalue weighted by molar-refractivity contribution is 0.291. The molecule has 0 amide bonds. The number of nitrogens with one attached hydrogen (secondary N) is 2. The number of rotatable bonds is 0. The van der Waals surface area contributed by atoms with Gasteiger partial charge in [0.2, 0.25) is 0 Å². The number of benzene rings is 2. The first-order valence-corrected chi connectivity index (χ1v) is 10.6. The summed E-state index contributed by atoms with van der Waals surface area (Å²) in [5.74, 6) is 1.56. The van der Waals surface area contributed by atoms with Crippen LogP contribution in [-0.2, 0) is 26.3 Å². The third kappa shape index (κ3) is 4.81. The van der Waals surface area contributed by atoms with Crippen molar-refractivity contribution in [1.29, 1.82) is 0 Å². The summed E-state index contributed by atoms with van der Waals surface area (Å²) < 4.78 is 12.2. The van der Waals surface area contributed by atoms with Crippen molar-refractivity contribution in [3.8, 4) is 11.5 Å². The Hall–Kier alpha value is -4.06. The summed E-state index contributed by atoms with van der Waals surface area (Å²) >= 11 is 0. The highest BCUT2D eigenvalue weighted by atomic mass is 16.5. The van der Waals surface area contributed by atoms with E-state index in [9.17, 15) is 0 Å². The molecular weight excluding hydrogens is 400 g/mol. The first-order valence-electron chi connectivity index (χ1n) is 10.6. The van der Waals surface area contributed by atoms with Crippen LogP contribution in [0.5, 0.6) is 11.5 Å². The van der Waals surface area contributed by atoms with E-state index in [4.69, 9.17) is 19.4 Å². The Morgan fingerprint density at radius 1 is 0.500 bits per heavy atom. The van der Waals surface area contributed by atoms with Gasteiger partial charge in [0.1, 0.15) is 24.7 Å². The van der Waals surface area contributed by atoms with Crippen LogP contribution in [-0.4, -0.2) is 9.97 Å². The number of nitrogens with zero attached hydrogens (tertiary/aromatic N) is 2. The van der Waals surface area contributed by atoms with Crippen molar-refractivity contribution in [2.24, 2.45) is 0 Å². The van der Waals surface area contributed by atoms with Gasteiger partial charge >= 0.3 is 0 Å². The maximum absolute atomic E-state index is 6.09. The minimum atomic E-state index is 0.373. The highest BCUT2D eigenvalue weighted by molar-refractivity contribution is 5.57. The van der Waals surface area contributed by atoms with Crippen molar-refractivity contribution in [2.75, 3.05) is 10.6 Å². The zero-order valence-corrected chi connectivity index (χ0v) is 17.6. The Kier molecular flexibility index (Phi) is 5.83. The quantitative estimate of drug-likeness (QED) is 0.406. The molecule has 0 saturated carbocycles. The van der Waals surface area contributed by atoms with E-state index in [0.29, 0.717) is 26.3 Å². The predicted molar refractivity (Wildman–Crippen MR) is 125 cm³/mol. The Bertz CT molecular complexity index is 1030. The Morgan fingerprint density at radius 2 is 0.938 bits per heavy atom. The van der Waals surface area contributed by atoms with Crippen LogP contribution in [0.2, 0.25) is 0 Å². The van der Waals surface area contributed by atoms with Crippen LogP contribution in [0.1, 0.15) is 22.8 Å². The van der Waals surface area contributed by atoms with Crippen LogP contribution in [0, 0.1) is 0 Å². The van der Waals surface area contributed by atoms with Crippen LogP contribution in [0.3, 0.4) is 0 Å². The summed E-state index contributed by atoms with van der Waals surface area (Å²) in [5.41, 5.74) is 5.46. The van der Waals surface area contributed by atoms with Gasteiger partial charge in [-0.05, 0) is 48.5 Å². The fourth-order valence-electron chi connectivity index (χ4n) is 3.57. The molecule has 4 aromatic rings. The lowest BCUT2D eigenvalue weighted by Gasteiger charge is -2.15. The lowest BCUT2D eigenvalue weighted by atomic mass is 10.2. The standard InChI is InChI=1S/C26H24N4O2/c1-3-13-25-23(11-1)27-15-19-7-5-8-20(29-19)16-28-24-12-2-4-14-26(24)32-18-22-10-6-9-21(30-22)17-31-25/h1-14,27-28H,15-18H2. The summed E-state index contributed by atoms with van der Waals surface area (Å²) in [6.45, 7) is 1.94. The Morgan fingerprint density at radius 3 is 1.47 bits per heavy atom. The van der Waals surface area contributed by atoms with Crippen molar-refractivity contribution in [3.63, 3.8) is 0 Å². The number of aromatic nitrogens is 2. The van der Waals surface area contributed by atoms with Gasteiger partial charge in [-0.25, -0.2) is 0 Å². The van der Waals surface area contributed by atoms with Crippen LogP contribution >= 0.6 is 0 Å². The average molecular weight is 425 g/mol. The molecule has 2 aromatic carbocycles. The second kappa shape index (κ2) is 9.39. The molecule has 0 saturated heterocycles. The van der Waals surface area contributed by atoms with Gasteiger partial charge < -0.3 is 20.1 Å². The number of para-hydroxylation sites is 4. The van der Waals surface area contributed by atoms with Crippen LogP contribution in [0.25, 0.3) is 0 Å². The second-order valence-corrected chi connectivity index (χ2v) is 7.52. The summed E-state index contributed by atoms with van der Waals surface area (Å²) in [7, 11) is 0. The van der Waals surface area contributed by atoms with E-state index in [1.54, 1.807) is 0 Å². The van der Waals surface area contributed by atoms with E-state index in [1.807, 2.05) is 84.9 Å². The third-order valence-corrected chi connectivity index (χ3v) is 5.17. The maximum Gasteiger partial charge on any atom is 0.142 e. The summed E-state index contributed by atoms with van der Waals surface area (Å²) in [6.07, 6.45) is 0. The molecule has 1 aliphatic rings. The molecule has 0 aliphatic carbocycles. The molecular formula is C26H24N4O2. The molecule has 1 aliphatic heterocycles. The fraction of sp³-hybridized carbons (Fsp3) is 0.154. The lowest BCUT2D eigenvalue weighted by Crippen LogP contribution is -2.09. The summed E-state index contributed by atoms with van der Waals surface area (Å²) in [4.78, 5) is 9.48. The molecule has 3 heterocycles. The van der Waals surface area contributed by atoms with Gasteiger partial charge in [0, 0.05) is 0 Å². The molecule has 0 radical (unpaired) electrons. The van der Waals surface area contributed by atoms with Crippen LogP contribution < -0.4 is 20.1 Å². The minimum Gasteiger partial charge on any atom is -0.485 e. The van der Waals surface area contributed by atoms with Gasteiger partial charge in [-0.15, -0.1) is 0 Å². The Labute approximate surface area is 187 Å². The van der Waals surface area contributed by atoms with Gasteiger partial charge in [0.25, 0.3) is 0 Å². The van der Waals surface area contributed by atoms with E-state index in [1.165, 1.54) is 0 Å². The zero-order chi connectivity index (χ0) is 21.6. The highest BCUT2D eigenvalue weighted by Crippen LogP contribution is 2.27. The van der Waals surface area contributed by atoms with E-state index in [2.05, 4.69) is 10.6 Å². The van der Waals surface area contributed by atoms with Crippen molar-refractivity contribution in [1.82, 2.24) is 9.97 Å². The second-order valence-electron chi connectivity index (χ2n) is 7.52. The summed E-state index contributed by atoms with van der Waals surface area (Å²) in [5, 5.41) is 6.90. The average Bonchev–Trinajstić information content (AvgIpc) is 2.85. The number of anilines is 2. The number of hydrogen-bond acceptors (Lipinski definition) is 6. The molecule has 0 fully saturated rings. The third-order valence-electron chi connectivity index (χ3n) is 5.17. The van der Waals surface area contributed by atoms with Crippen molar-refractivity contribution in [3.05, 3.63) is 108 Å². The number of pyridine rings is 2. The molecule has 0 spiro atoms. The van der Waals surface area contributed by atoms with Crippen molar-refractivity contribution >= 4 is 11.4 Å². The molecule has 0 unspecified atom stereocenters. The smallest absolute Gasteiger partial charge is 0.142 e. The molecule has 4 bridgehead atoms. The van der Waals surface area contributed by atoms with E-state index in [-0.39, 0.29) is 0 Å². The number of ether oxygens (including phenoxy) is 2. The van der Waals surface area contributed by atoms with Gasteiger partial charge in [0.15, 0.2) is 0 Å². The van der Waals surface area contributed by atoms with Crippen molar-refractivity contribution in [2.45, 2.75) is 26.3 Å². The largest absolute Gasteiger partial charge is 0.485 e. The molecule has 6 heteroatoms. The van der Waals surface area contributed by atoms with Gasteiger partial charge in [-0.2, -0.15) is 0 Å². The monoisotopic (exact) mass is 424 g/mol. The molecule has 5 rings (SSSR count). The van der Waals surface area contributed by atoms with E-state index in [0.717, 1.165) is 45.6 Å². The molecule has 2 N–H and O–H groups in total. The molecule has 32 heavy (non-hydrogen) atoms. The number of fused-ring (bicyclic) bond motifs is 6. The molecule has 160 valence electrons. The first kappa shape index (κ1) is 19.9. The van der Waals surface area contributed by atoms with Gasteiger partial charge in [-0.3, -0.25) is 9.97 Å². The SMILES string of the molecule is c1cc2nc(c1)CNc1ccccc1OCc1cccc(n1)COc1ccccc1NC2. The van der Waals surface area contributed by atoms with Crippen molar-refractivity contribution < 1.29 is 9.47 Å². The molecule has 2 aromatic heterocycles. The number of hydrogen-bond donors (Lipinski definition) is 2. The van der Waals surface area contributed by atoms with E-state index < -0.39 is 0 Å². The highest BCUT2D eigenvalue weighted by Gasteiger charge is 2.09. The minimum absolute atomic E-state index is 0.373. The zero-order valence-electron chi connectivity index (χ0n) is 17.6. The van der Waals surface area contributed by atoms with Gasteiger partial charge in [0.05, 0.1) is 47.2 Å².